The molecule has 0 aliphatic rings. The molecule has 3 aromatic rings. The number of anilines is 1. The highest BCUT2D eigenvalue weighted by Crippen LogP contribution is 2.33. The van der Waals surface area contributed by atoms with Gasteiger partial charge >= 0.3 is 0 Å². The van der Waals surface area contributed by atoms with Gasteiger partial charge in [0.25, 0.3) is 15.9 Å². The highest BCUT2D eigenvalue weighted by Gasteiger charge is 2.29. The number of hydrogen-bond donors (Lipinski definition) is 1. The van der Waals surface area contributed by atoms with Crippen molar-refractivity contribution in [1.82, 2.24) is 5.43 Å². The van der Waals surface area contributed by atoms with Gasteiger partial charge in [0.2, 0.25) is 0 Å². The van der Waals surface area contributed by atoms with Crippen molar-refractivity contribution in [3.63, 3.8) is 0 Å². The molecular weight excluding hydrogens is 506 g/mol. The number of carbonyl (C=O) groups is 1. The molecule has 0 bridgehead atoms. The first-order valence-electron chi connectivity index (χ1n) is 12.0. The van der Waals surface area contributed by atoms with Crippen LogP contribution in [0.15, 0.2) is 70.7 Å². The van der Waals surface area contributed by atoms with Gasteiger partial charge in [-0.2, -0.15) is 5.10 Å². The van der Waals surface area contributed by atoms with Gasteiger partial charge in [0.05, 0.1) is 37.6 Å². The minimum Gasteiger partial charge on any atom is -0.495 e. The molecule has 0 aromatic heterocycles. The zero-order valence-corrected chi connectivity index (χ0v) is 23.3. The fourth-order valence-electron chi connectivity index (χ4n) is 3.79. The molecule has 0 radical (unpaired) electrons. The van der Waals surface area contributed by atoms with Crippen LogP contribution in [0.3, 0.4) is 0 Å². The number of rotatable bonds is 11. The summed E-state index contributed by atoms with van der Waals surface area (Å²) < 4.78 is 44.6. The van der Waals surface area contributed by atoms with Crippen molar-refractivity contribution in [1.29, 1.82) is 0 Å². The monoisotopic (exact) mass is 539 g/mol. The number of nitrogens with zero attached hydrogens (tertiary/aromatic N) is 2. The van der Waals surface area contributed by atoms with E-state index >= 15 is 0 Å². The Labute approximate surface area is 224 Å². The number of ether oxygens (including phenoxy) is 3. The van der Waals surface area contributed by atoms with E-state index in [0.717, 1.165) is 21.0 Å². The molecule has 1 N–H and O–H groups in total. The molecule has 0 fully saturated rings. The van der Waals surface area contributed by atoms with Crippen LogP contribution >= 0.6 is 0 Å². The third-order valence-electron chi connectivity index (χ3n) is 5.87. The molecule has 0 unspecified atom stereocenters. The summed E-state index contributed by atoms with van der Waals surface area (Å²) >= 11 is 0. The second-order valence-electron chi connectivity index (χ2n) is 8.52. The minimum absolute atomic E-state index is 0.0579. The highest BCUT2D eigenvalue weighted by atomic mass is 32.2. The molecule has 10 heteroatoms. The first-order chi connectivity index (χ1) is 18.1. The number of carbonyl (C=O) groups excluding carboxylic acids is 1. The predicted octanol–water partition coefficient (Wildman–Crippen LogP) is 4.46. The van der Waals surface area contributed by atoms with E-state index in [4.69, 9.17) is 14.2 Å². The molecule has 0 aliphatic heterocycles. The van der Waals surface area contributed by atoms with E-state index in [-0.39, 0.29) is 10.6 Å². The molecule has 0 saturated carbocycles. The van der Waals surface area contributed by atoms with Gasteiger partial charge in [-0.25, -0.2) is 13.8 Å². The second kappa shape index (κ2) is 12.5. The maximum Gasteiger partial charge on any atom is 0.264 e. The van der Waals surface area contributed by atoms with E-state index in [1.165, 1.54) is 26.4 Å². The van der Waals surface area contributed by atoms with Crippen molar-refractivity contribution in [3.8, 4) is 17.2 Å². The first-order valence-corrected chi connectivity index (χ1v) is 13.4. The SMILES string of the molecule is CC/C(=N/NC(=O)CN(c1cc(C)ccc1OC)S(=O)(=O)c1ccc(C)cc1)c1ccc(OC)c(OC)c1. The highest BCUT2D eigenvalue weighted by molar-refractivity contribution is 7.92. The average molecular weight is 540 g/mol. The standard InChI is InChI=1S/C28H33N3O6S/c1-7-23(21-11-15-26(36-5)27(17-21)37-6)29-30-28(32)18-31(24-16-20(3)10-14-25(24)35-4)38(33,34)22-12-8-19(2)9-13-22/h8-17H,7,18H2,1-6H3,(H,30,32)/b29-23-. The molecule has 0 saturated heterocycles. The van der Waals surface area contributed by atoms with E-state index in [0.29, 0.717) is 29.4 Å². The van der Waals surface area contributed by atoms with Crippen LogP contribution in [0.2, 0.25) is 0 Å². The first kappa shape index (κ1) is 28.5. The summed E-state index contributed by atoms with van der Waals surface area (Å²) in [5, 5.41) is 4.28. The molecule has 3 rings (SSSR count). The number of benzene rings is 3. The quantitative estimate of drug-likeness (QED) is 0.285. The Hall–Kier alpha value is -4.05. The molecule has 3 aromatic carbocycles. The molecule has 0 aliphatic carbocycles. The number of nitrogens with one attached hydrogen (secondary N) is 1. The van der Waals surface area contributed by atoms with Crippen molar-refractivity contribution in [2.24, 2.45) is 5.10 Å². The van der Waals surface area contributed by atoms with Gasteiger partial charge in [0.1, 0.15) is 12.3 Å². The predicted molar refractivity (Wildman–Crippen MR) is 148 cm³/mol. The number of aryl methyl sites for hydroxylation is 2. The Morgan fingerprint density at radius 3 is 2.05 bits per heavy atom. The zero-order valence-electron chi connectivity index (χ0n) is 22.4. The number of hydrazone groups is 1. The third kappa shape index (κ3) is 6.44. The van der Waals surface area contributed by atoms with E-state index in [9.17, 15) is 13.2 Å². The van der Waals surface area contributed by atoms with Gasteiger partial charge in [-0.1, -0.05) is 30.7 Å². The van der Waals surface area contributed by atoms with Crippen LogP contribution in [-0.2, 0) is 14.8 Å². The fraction of sp³-hybridized carbons (Fsp3) is 0.286. The van der Waals surface area contributed by atoms with Crippen molar-refractivity contribution in [2.45, 2.75) is 32.1 Å². The molecular formula is C28H33N3O6S. The summed E-state index contributed by atoms with van der Waals surface area (Å²) in [4.78, 5) is 13.2. The molecule has 1 amide bonds. The van der Waals surface area contributed by atoms with Crippen molar-refractivity contribution in [3.05, 3.63) is 77.4 Å². The Bertz CT molecular complexity index is 1420. The summed E-state index contributed by atoms with van der Waals surface area (Å²) in [5.41, 5.74) is 5.81. The summed E-state index contributed by atoms with van der Waals surface area (Å²) in [6.07, 6.45) is 0.507. The summed E-state index contributed by atoms with van der Waals surface area (Å²) in [6, 6.07) is 16.9. The van der Waals surface area contributed by atoms with Crippen LogP contribution in [0.25, 0.3) is 0 Å². The number of sulfonamides is 1. The minimum atomic E-state index is -4.11. The summed E-state index contributed by atoms with van der Waals surface area (Å²) in [6.45, 7) is 5.09. The molecule has 38 heavy (non-hydrogen) atoms. The Balaban J connectivity index is 1.96. The van der Waals surface area contributed by atoms with Crippen LogP contribution < -0.4 is 23.9 Å². The largest absolute Gasteiger partial charge is 0.495 e. The molecule has 9 nitrogen and oxygen atoms in total. The van der Waals surface area contributed by atoms with Crippen molar-refractivity contribution in [2.75, 3.05) is 32.2 Å². The van der Waals surface area contributed by atoms with E-state index < -0.39 is 22.5 Å². The van der Waals surface area contributed by atoms with Gasteiger partial charge in [-0.05, 0) is 68.3 Å². The molecule has 0 spiro atoms. The van der Waals surface area contributed by atoms with Crippen LogP contribution in [-0.4, -0.2) is 47.9 Å². The maximum absolute atomic E-state index is 13.7. The normalized spacial score (nSPS) is 11.6. The van der Waals surface area contributed by atoms with E-state index in [1.807, 2.05) is 26.8 Å². The van der Waals surface area contributed by atoms with Gasteiger partial charge < -0.3 is 14.2 Å². The van der Waals surface area contributed by atoms with Gasteiger partial charge in [-0.3, -0.25) is 9.10 Å². The molecule has 202 valence electrons. The van der Waals surface area contributed by atoms with E-state index in [2.05, 4.69) is 10.5 Å². The van der Waals surface area contributed by atoms with Gasteiger partial charge in [0.15, 0.2) is 11.5 Å². The lowest BCUT2D eigenvalue weighted by molar-refractivity contribution is -0.119. The number of amides is 1. The van der Waals surface area contributed by atoms with Gasteiger partial charge in [0, 0.05) is 5.56 Å². The van der Waals surface area contributed by atoms with Crippen molar-refractivity contribution >= 4 is 27.3 Å². The lowest BCUT2D eigenvalue weighted by atomic mass is 10.1. The fourth-order valence-corrected chi connectivity index (χ4v) is 5.21. The van der Waals surface area contributed by atoms with E-state index in [1.54, 1.807) is 49.6 Å². The topological polar surface area (TPSA) is 107 Å². The number of methoxy groups -OCH3 is 3. The lowest BCUT2D eigenvalue weighted by Crippen LogP contribution is -2.40. The smallest absolute Gasteiger partial charge is 0.264 e. The Kier molecular flexibility index (Phi) is 9.35. The molecule has 0 atom stereocenters. The average Bonchev–Trinajstić information content (AvgIpc) is 2.92. The summed E-state index contributed by atoms with van der Waals surface area (Å²) in [5.74, 6) is 0.803. The van der Waals surface area contributed by atoms with Crippen LogP contribution in [0.5, 0.6) is 17.2 Å². The Morgan fingerprint density at radius 2 is 1.45 bits per heavy atom. The van der Waals surface area contributed by atoms with Crippen LogP contribution in [0, 0.1) is 13.8 Å². The van der Waals surface area contributed by atoms with Crippen molar-refractivity contribution < 1.29 is 27.4 Å². The van der Waals surface area contributed by atoms with Crippen LogP contribution in [0.4, 0.5) is 5.69 Å². The maximum atomic E-state index is 13.7. The van der Waals surface area contributed by atoms with Gasteiger partial charge in [-0.15, -0.1) is 0 Å². The Morgan fingerprint density at radius 1 is 0.842 bits per heavy atom. The summed E-state index contributed by atoms with van der Waals surface area (Å²) in [7, 11) is 0.420. The third-order valence-corrected chi connectivity index (χ3v) is 7.64. The van der Waals surface area contributed by atoms with Crippen LogP contribution in [0.1, 0.15) is 30.0 Å². The molecule has 0 heterocycles. The zero-order chi connectivity index (χ0) is 27.9. The number of hydrogen-bond acceptors (Lipinski definition) is 7. The lowest BCUT2D eigenvalue weighted by Gasteiger charge is -2.25. The second-order valence-corrected chi connectivity index (χ2v) is 10.4.